The summed E-state index contributed by atoms with van der Waals surface area (Å²) in [6, 6.07) is 18.5. The molecule has 32 heavy (non-hydrogen) atoms. The van der Waals surface area contributed by atoms with Gasteiger partial charge in [-0.05, 0) is 36.9 Å². The molecule has 1 spiro atoms. The fourth-order valence-corrected chi connectivity index (χ4v) is 4.85. The molecule has 0 saturated heterocycles. The van der Waals surface area contributed by atoms with Crippen molar-refractivity contribution in [3.8, 4) is 5.75 Å². The number of rotatable bonds is 1. The zero-order valence-corrected chi connectivity index (χ0v) is 19.5. The van der Waals surface area contributed by atoms with E-state index in [-0.39, 0.29) is 5.41 Å². The zero-order chi connectivity index (χ0) is 22.9. The van der Waals surface area contributed by atoms with E-state index in [0.717, 1.165) is 32.4 Å². The molecule has 1 atom stereocenters. The Morgan fingerprint density at radius 2 is 1.75 bits per heavy atom. The number of aliphatic imine (C=N–C) groups is 1. The van der Waals surface area contributed by atoms with Crippen LogP contribution in [0, 0.1) is 5.21 Å². The van der Waals surface area contributed by atoms with E-state index in [0.29, 0.717) is 5.75 Å². The normalized spacial score (nSPS) is 21.6. The molecule has 5 heteroatoms. The average Bonchev–Trinajstić information content (AvgIpc) is 2.92. The molecule has 0 fully saturated rings. The molecule has 0 aromatic heterocycles. The van der Waals surface area contributed by atoms with Crippen LogP contribution in [-0.4, -0.2) is 35.5 Å². The number of ether oxygens (including phenoxy) is 1. The van der Waals surface area contributed by atoms with Crippen LogP contribution in [-0.2, 0) is 5.41 Å². The molecule has 0 amide bonds. The van der Waals surface area contributed by atoms with Crippen molar-refractivity contribution in [2.75, 3.05) is 11.9 Å². The van der Waals surface area contributed by atoms with Crippen LogP contribution in [0.1, 0.15) is 45.7 Å². The first-order chi connectivity index (χ1) is 15.1. The Balaban J connectivity index is 1.76. The Hall–Kier alpha value is -3.34. The molecular weight excluding hydrogens is 398 g/mol. The van der Waals surface area contributed by atoms with Gasteiger partial charge in [-0.3, -0.25) is 4.99 Å². The molecule has 3 aromatic carbocycles. The van der Waals surface area contributed by atoms with Gasteiger partial charge in [0.2, 0.25) is 5.72 Å². The number of hydroxylamine groups is 1. The number of benzene rings is 3. The highest BCUT2D eigenvalue weighted by Crippen LogP contribution is 2.54. The van der Waals surface area contributed by atoms with E-state index < -0.39 is 11.3 Å². The highest BCUT2D eigenvalue weighted by Gasteiger charge is 2.58. The minimum atomic E-state index is -0.801. The molecule has 0 unspecified atom stereocenters. The van der Waals surface area contributed by atoms with Crippen LogP contribution in [0.2, 0.25) is 0 Å². The Morgan fingerprint density at radius 3 is 2.47 bits per heavy atom. The van der Waals surface area contributed by atoms with Crippen molar-refractivity contribution in [1.82, 2.24) is 0 Å². The first kappa shape index (κ1) is 20.6. The summed E-state index contributed by atoms with van der Waals surface area (Å²) in [6.45, 7) is 10.1. The van der Waals surface area contributed by atoms with E-state index in [4.69, 9.17) is 9.73 Å². The van der Waals surface area contributed by atoms with Crippen LogP contribution >= 0.6 is 0 Å². The summed E-state index contributed by atoms with van der Waals surface area (Å²) < 4.78 is 7.91. The van der Waals surface area contributed by atoms with E-state index in [2.05, 4.69) is 36.9 Å². The van der Waals surface area contributed by atoms with Crippen LogP contribution in [0.25, 0.3) is 10.8 Å². The van der Waals surface area contributed by atoms with Gasteiger partial charge >= 0.3 is 0 Å². The lowest BCUT2D eigenvalue weighted by Crippen LogP contribution is -2.61. The summed E-state index contributed by atoms with van der Waals surface area (Å²) in [4.78, 5) is 7.14. The van der Waals surface area contributed by atoms with Crippen molar-refractivity contribution in [2.45, 2.75) is 51.3 Å². The van der Waals surface area contributed by atoms with Gasteiger partial charge in [-0.15, -0.1) is 0 Å². The number of anilines is 1. The summed E-state index contributed by atoms with van der Waals surface area (Å²) in [6.07, 6.45) is 3.57. The molecule has 0 N–H and O–H groups in total. The summed E-state index contributed by atoms with van der Waals surface area (Å²) in [5, 5.41) is 14.9. The first-order valence-electron chi connectivity index (χ1n) is 11.0. The Bertz CT molecular complexity index is 1300. The molecule has 5 nitrogen and oxygen atoms in total. The van der Waals surface area contributed by atoms with E-state index in [1.165, 1.54) is 5.56 Å². The van der Waals surface area contributed by atoms with Crippen molar-refractivity contribution < 1.29 is 9.48 Å². The summed E-state index contributed by atoms with van der Waals surface area (Å²) in [7, 11) is 2.05. The van der Waals surface area contributed by atoms with E-state index >= 15 is 0 Å². The first-order valence-corrected chi connectivity index (χ1v) is 11.0. The predicted molar refractivity (Wildman–Crippen MR) is 132 cm³/mol. The van der Waals surface area contributed by atoms with Crippen molar-refractivity contribution in [3.05, 3.63) is 70.9 Å². The third-order valence-electron chi connectivity index (χ3n) is 6.88. The zero-order valence-electron chi connectivity index (χ0n) is 19.5. The van der Waals surface area contributed by atoms with E-state index in [1.807, 2.05) is 70.4 Å². The van der Waals surface area contributed by atoms with Crippen LogP contribution in [0.5, 0.6) is 5.75 Å². The molecule has 2 aliphatic heterocycles. The number of hydrogen-bond acceptors (Lipinski definition) is 4. The predicted octanol–water partition coefficient (Wildman–Crippen LogP) is 5.79. The second-order valence-electron chi connectivity index (χ2n) is 10.2. The Morgan fingerprint density at radius 1 is 1.06 bits per heavy atom. The fraction of sp³-hybridized carbons (Fsp3) is 0.333. The molecule has 3 aromatic rings. The summed E-state index contributed by atoms with van der Waals surface area (Å²) in [5.74, 6) is 0.643. The minimum Gasteiger partial charge on any atom is -0.623 e. The van der Waals surface area contributed by atoms with E-state index in [9.17, 15) is 5.21 Å². The molecule has 164 valence electrons. The molecule has 0 aliphatic carbocycles. The maximum absolute atomic E-state index is 12.9. The second kappa shape index (κ2) is 6.58. The second-order valence-corrected chi connectivity index (χ2v) is 10.2. The fourth-order valence-electron chi connectivity index (χ4n) is 4.85. The van der Waals surface area contributed by atoms with Crippen LogP contribution in [0.4, 0.5) is 11.4 Å². The Labute approximate surface area is 189 Å². The molecular formula is C27H29N3O2. The van der Waals surface area contributed by atoms with Gasteiger partial charge in [0.15, 0.2) is 17.5 Å². The van der Waals surface area contributed by atoms with Gasteiger partial charge in [0.1, 0.15) is 5.69 Å². The van der Waals surface area contributed by atoms with Crippen molar-refractivity contribution in [2.24, 2.45) is 4.99 Å². The molecule has 5 rings (SSSR count). The lowest BCUT2D eigenvalue weighted by Gasteiger charge is -2.45. The van der Waals surface area contributed by atoms with Crippen LogP contribution in [0.3, 0.4) is 0 Å². The third kappa shape index (κ3) is 2.70. The quantitative estimate of drug-likeness (QED) is 0.214. The average molecular weight is 428 g/mol. The summed E-state index contributed by atoms with van der Waals surface area (Å²) >= 11 is 0. The number of para-hydroxylation sites is 1. The van der Waals surface area contributed by atoms with Gasteiger partial charge in [0, 0.05) is 38.9 Å². The van der Waals surface area contributed by atoms with Gasteiger partial charge in [-0.1, -0.05) is 42.5 Å². The van der Waals surface area contributed by atoms with Crippen molar-refractivity contribution in [1.29, 1.82) is 0 Å². The van der Waals surface area contributed by atoms with Crippen LogP contribution < -0.4 is 9.64 Å². The monoisotopic (exact) mass is 427 g/mol. The standard InChI is InChI=1S/C27H29N3O2/c1-25(2,3)30(31)16-19-15-18-11-7-8-12-20(18)23-24(19)32-27(17-28-23)26(4,5)21-13-9-10-14-22(21)29(27)6/h7-17H,1-6H3/b30-16-/t27-/m1/s1. The van der Waals surface area contributed by atoms with Gasteiger partial charge in [0.25, 0.3) is 0 Å². The topological polar surface area (TPSA) is 50.9 Å². The van der Waals surface area contributed by atoms with Gasteiger partial charge < -0.3 is 14.8 Å². The molecule has 2 aliphatic rings. The molecule has 0 saturated carbocycles. The Kier molecular flexibility index (Phi) is 4.23. The lowest BCUT2D eigenvalue weighted by molar-refractivity contribution is -0.530. The van der Waals surface area contributed by atoms with E-state index in [1.54, 1.807) is 6.21 Å². The van der Waals surface area contributed by atoms with Crippen LogP contribution in [0.15, 0.2) is 59.6 Å². The van der Waals surface area contributed by atoms with Gasteiger partial charge in [0.05, 0.1) is 17.2 Å². The van der Waals surface area contributed by atoms with Gasteiger partial charge in [-0.2, -0.15) is 0 Å². The highest BCUT2D eigenvalue weighted by molar-refractivity contribution is 6.04. The number of fused-ring (bicyclic) bond motifs is 4. The maximum Gasteiger partial charge on any atom is 0.228 e. The number of nitrogens with zero attached hydrogens (tertiary/aromatic N) is 3. The largest absolute Gasteiger partial charge is 0.623 e. The number of likely N-dealkylation sites (N-methyl/N-ethyl adjacent to an activating group) is 1. The minimum absolute atomic E-state index is 0.358. The SMILES string of the molecule is CN1c2ccccc2C(C)(C)[C@]12C=Nc1c(c(/C=[N+](\[O-])C(C)(C)C)cc3ccccc13)O2. The van der Waals surface area contributed by atoms with Crippen molar-refractivity contribution >= 4 is 34.6 Å². The van der Waals surface area contributed by atoms with Gasteiger partial charge in [-0.25, -0.2) is 4.74 Å². The number of hydrogen-bond donors (Lipinski definition) is 0. The summed E-state index contributed by atoms with van der Waals surface area (Å²) in [5.41, 5.74) is 2.12. The maximum atomic E-state index is 12.9. The molecule has 0 bridgehead atoms. The smallest absolute Gasteiger partial charge is 0.228 e. The lowest BCUT2D eigenvalue weighted by atomic mass is 9.77. The van der Waals surface area contributed by atoms with Crippen molar-refractivity contribution in [3.63, 3.8) is 0 Å². The molecule has 0 radical (unpaired) electrons. The highest BCUT2D eigenvalue weighted by atomic mass is 16.5. The molecule has 2 heterocycles. The third-order valence-corrected chi connectivity index (χ3v) is 6.88.